The molecule has 0 saturated heterocycles. The molecule has 0 fully saturated rings. The molecular formula is C18H15N3OS2. The number of allylic oxidation sites excluding steroid dienone is 1. The van der Waals surface area contributed by atoms with Crippen molar-refractivity contribution in [2.45, 2.75) is 12.0 Å². The third-order valence-corrected chi connectivity index (χ3v) is 4.70. The number of hydrogen-bond acceptors (Lipinski definition) is 4. The first-order valence-corrected chi connectivity index (χ1v) is 8.19. The molecule has 0 saturated carbocycles. The third-order valence-electron chi connectivity index (χ3n) is 4.03. The standard InChI is InChI=1S/C18H15N3OS2/c1-22-13-7-5-12(6-8-13)15-14(11-19)17(23)20-18(24)16(15)21-9-3-2-4-10-21/h2-10,15-16H,1H3,(H-,20,23,24)/t15-,16+/m1/s1. The van der Waals surface area contributed by atoms with Crippen molar-refractivity contribution >= 4 is 29.8 Å². The first-order valence-electron chi connectivity index (χ1n) is 7.37. The predicted octanol–water partition coefficient (Wildman–Crippen LogP) is 2.52. The van der Waals surface area contributed by atoms with Gasteiger partial charge in [0.1, 0.15) is 10.7 Å². The number of nitriles is 1. The molecule has 0 bridgehead atoms. The molecule has 6 heteroatoms. The van der Waals surface area contributed by atoms with E-state index < -0.39 is 0 Å². The van der Waals surface area contributed by atoms with Crippen LogP contribution in [0.1, 0.15) is 17.5 Å². The molecule has 3 rings (SSSR count). The molecule has 0 amide bonds. The van der Waals surface area contributed by atoms with Crippen LogP contribution >= 0.6 is 12.2 Å². The second-order valence-corrected chi connectivity index (χ2v) is 6.21. The summed E-state index contributed by atoms with van der Waals surface area (Å²) in [5.74, 6) is 0.523. The van der Waals surface area contributed by atoms with Crippen molar-refractivity contribution < 1.29 is 9.30 Å². The Morgan fingerprint density at radius 2 is 1.88 bits per heavy atom. The van der Waals surface area contributed by atoms with E-state index in [0.717, 1.165) is 11.3 Å². The van der Waals surface area contributed by atoms with E-state index in [1.165, 1.54) is 0 Å². The van der Waals surface area contributed by atoms with Crippen LogP contribution in [0, 0.1) is 11.3 Å². The van der Waals surface area contributed by atoms with E-state index in [1.807, 2.05) is 59.4 Å². The molecule has 0 aliphatic carbocycles. The van der Waals surface area contributed by atoms with E-state index in [0.29, 0.717) is 15.6 Å². The van der Waals surface area contributed by atoms with Crippen molar-refractivity contribution in [1.29, 1.82) is 5.26 Å². The Labute approximate surface area is 151 Å². The summed E-state index contributed by atoms with van der Waals surface area (Å²) < 4.78 is 7.23. The van der Waals surface area contributed by atoms with Gasteiger partial charge < -0.3 is 22.7 Å². The Morgan fingerprint density at radius 3 is 2.46 bits per heavy atom. The maximum atomic E-state index is 9.65. The summed E-state index contributed by atoms with van der Waals surface area (Å²) >= 11 is 10.9. The van der Waals surface area contributed by atoms with Crippen molar-refractivity contribution in [2.24, 2.45) is 0 Å². The molecule has 1 aliphatic rings. The molecular weight excluding hydrogens is 338 g/mol. The summed E-state index contributed by atoms with van der Waals surface area (Å²) in [4.78, 5) is 0.607. The van der Waals surface area contributed by atoms with Crippen LogP contribution in [0.4, 0.5) is 0 Å². The number of benzene rings is 1. The predicted molar refractivity (Wildman–Crippen MR) is 97.1 cm³/mol. The lowest BCUT2D eigenvalue weighted by Gasteiger charge is -2.34. The highest BCUT2D eigenvalue weighted by Gasteiger charge is 2.40. The quantitative estimate of drug-likeness (QED) is 0.522. The fourth-order valence-electron chi connectivity index (χ4n) is 2.89. The van der Waals surface area contributed by atoms with Gasteiger partial charge in [0.15, 0.2) is 12.4 Å². The van der Waals surface area contributed by atoms with E-state index in [1.54, 1.807) is 7.11 Å². The zero-order chi connectivity index (χ0) is 17.1. The summed E-state index contributed by atoms with van der Waals surface area (Å²) in [5.41, 5.74) is 1.49. The van der Waals surface area contributed by atoms with Crippen molar-refractivity contribution in [2.75, 3.05) is 7.11 Å². The van der Waals surface area contributed by atoms with E-state index in [4.69, 9.17) is 29.6 Å². The number of hydrogen-bond donors (Lipinski definition) is 1. The average molecular weight is 353 g/mol. The van der Waals surface area contributed by atoms with Gasteiger partial charge in [-0.1, -0.05) is 35.4 Å². The number of nitrogens with one attached hydrogen (secondary N) is 1. The highest BCUT2D eigenvalue weighted by Crippen LogP contribution is 2.37. The Hall–Kier alpha value is -2.49. The Kier molecular flexibility index (Phi) is 4.74. The second kappa shape index (κ2) is 6.95. The van der Waals surface area contributed by atoms with Gasteiger partial charge in [0, 0.05) is 17.7 Å². The van der Waals surface area contributed by atoms with Gasteiger partial charge in [-0.25, -0.2) is 0 Å². The molecule has 2 atom stereocenters. The normalized spacial score (nSPS) is 20.2. The first-order chi connectivity index (χ1) is 11.7. The molecule has 0 radical (unpaired) electrons. The number of ether oxygens (including phenoxy) is 1. The summed E-state index contributed by atoms with van der Waals surface area (Å²) in [6.07, 6.45) is 3.89. The number of aromatic nitrogens is 1. The van der Waals surface area contributed by atoms with Crippen LogP contribution in [0.15, 0.2) is 65.5 Å². The van der Waals surface area contributed by atoms with Gasteiger partial charge in [-0.2, -0.15) is 9.83 Å². The lowest BCUT2D eigenvalue weighted by molar-refractivity contribution is -0.708. The molecule has 1 N–H and O–H groups in total. The molecule has 0 unspecified atom stereocenters. The van der Waals surface area contributed by atoms with Crippen LogP contribution < -0.4 is 14.6 Å². The fourth-order valence-corrected chi connectivity index (χ4v) is 3.60. The van der Waals surface area contributed by atoms with Crippen LogP contribution in [0.3, 0.4) is 0 Å². The van der Waals surface area contributed by atoms with Gasteiger partial charge in [-0.05, 0) is 17.7 Å². The Bertz CT molecular complexity index is 826. The summed E-state index contributed by atoms with van der Waals surface area (Å²) in [6, 6.07) is 15.5. The zero-order valence-electron chi connectivity index (χ0n) is 13.0. The smallest absolute Gasteiger partial charge is 0.219 e. The van der Waals surface area contributed by atoms with Crippen LogP contribution in [0.25, 0.3) is 0 Å². The van der Waals surface area contributed by atoms with Crippen molar-refractivity contribution in [3.8, 4) is 11.8 Å². The van der Waals surface area contributed by atoms with Crippen LogP contribution in [0.5, 0.6) is 5.75 Å². The Morgan fingerprint density at radius 1 is 1.21 bits per heavy atom. The summed E-state index contributed by atoms with van der Waals surface area (Å²) in [6.45, 7) is 0. The molecule has 2 heterocycles. The van der Waals surface area contributed by atoms with Gasteiger partial charge in [-0.15, -0.1) is 0 Å². The molecule has 120 valence electrons. The molecule has 0 spiro atoms. The van der Waals surface area contributed by atoms with Gasteiger partial charge in [0.05, 0.1) is 19.1 Å². The van der Waals surface area contributed by atoms with E-state index in [-0.39, 0.29) is 12.0 Å². The monoisotopic (exact) mass is 353 g/mol. The number of nitrogens with zero attached hydrogens (tertiary/aromatic N) is 2. The van der Waals surface area contributed by atoms with Crippen molar-refractivity contribution in [3.63, 3.8) is 0 Å². The van der Waals surface area contributed by atoms with Crippen LogP contribution in [-0.2, 0) is 12.6 Å². The molecule has 1 aliphatic heterocycles. The molecule has 1 aromatic carbocycles. The molecule has 24 heavy (non-hydrogen) atoms. The fraction of sp³-hybridized carbons (Fsp3) is 0.167. The highest BCUT2D eigenvalue weighted by molar-refractivity contribution is 7.80. The van der Waals surface area contributed by atoms with Gasteiger partial charge in [-0.3, -0.25) is 0 Å². The zero-order valence-corrected chi connectivity index (χ0v) is 14.6. The second-order valence-electron chi connectivity index (χ2n) is 5.36. The number of rotatable bonds is 3. The minimum Gasteiger partial charge on any atom is -0.761 e. The summed E-state index contributed by atoms with van der Waals surface area (Å²) in [7, 11) is 1.62. The van der Waals surface area contributed by atoms with Crippen LogP contribution in [-0.4, -0.2) is 12.1 Å². The maximum absolute atomic E-state index is 9.65. The Balaban J connectivity index is 2.15. The van der Waals surface area contributed by atoms with E-state index >= 15 is 0 Å². The molecule has 4 nitrogen and oxygen atoms in total. The minimum absolute atomic E-state index is 0.212. The van der Waals surface area contributed by atoms with Gasteiger partial charge >= 0.3 is 0 Å². The highest BCUT2D eigenvalue weighted by atomic mass is 32.1. The molecule has 1 aromatic heterocycles. The maximum Gasteiger partial charge on any atom is 0.219 e. The van der Waals surface area contributed by atoms with E-state index in [9.17, 15) is 5.26 Å². The SMILES string of the molecule is COc1ccc([C@@H]2C(C#N)=C([S-])NC(=S)[C@H]2[n+]2ccccc2)cc1. The lowest BCUT2D eigenvalue weighted by Crippen LogP contribution is -2.52. The number of pyridine rings is 1. The largest absolute Gasteiger partial charge is 0.761 e. The number of methoxy groups -OCH3 is 1. The van der Waals surface area contributed by atoms with Gasteiger partial charge in [0.25, 0.3) is 0 Å². The van der Waals surface area contributed by atoms with Crippen LogP contribution in [0.2, 0.25) is 0 Å². The topological polar surface area (TPSA) is 48.9 Å². The minimum atomic E-state index is -0.241. The van der Waals surface area contributed by atoms with E-state index in [2.05, 4.69) is 11.4 Å². The lowest BCUT2D eigenvalue weighted by atomic mass is 9.83. The van der Waals surface area contributed by atoms with Gasteiger partial charge in [0.2, 0.25) is 6.04 Å². The average Bonchev–Trinajstić information content (AvgIpc) is 2.62. The first kappa shape index (κ1) is 16.4. The number of thiocarbonyl (C=S) groups is 1. The molecule has 2 aromatic rings. The summed E-state index contributed by atoms with van der Waals surface area (Å²) in [5, 5.41) is 13.1. The third kappa shape index (κ3) is 2.96. The van der Waals surface area contributed by atoms with Crippen molar-refractivity contribution in [1.82, 2.24) is 5.32 Å². The van der Waals surface area contributed by atoms with Crippen molar-refractivity contribution in [3.05, 3.63) is 71.0 Å².